The van der Waals surface area contributed by atoms with Crippen LogP contribution in [0.2, 0.25) is 0 Å². The lowest BCUT2D eigenvalue weighted by Gasteiger charge is -2.27. The van der Waals surface area contributed by atoms with Crippen LogP contribution in [0.5, 0.6) is 0 Å². The molecule has 1 aromatic heterocycles. The monoisotopic (exact) mass is 474 g/mol. The van der Waals surface area contributed by atoms with E-state index < -0.39 is 0 Å². The van der Waals surface area contributed by atoms with Gasteiger partial charge in [-0.25, -0.2) is 9.98 Å². The summed E-state index contributed by atoms with van der Waals surface area (Å²) in [6.45, 7) is 3.93. The maximum absolute atomic E-state index is 6.12. The fourth-order valence-electron chi connectivity index (χ4n) is 2.56. The van der Waals surface area contributed by atoms with Crippen molar-refractivity contribution in [2.75, 3.05) is 33.4 Å². The number of morpholine rings is 1. The van der Waals surface area contributed by atoms with Crippen LogP contribution in [-0.2, 0) is 22.6 Å². The molecular weight excluding hydrogens is 451 g/mol. The first-order chi connectivity index (χ1) is 11.8. The van der Waals surface area contributed by atoms with Gasteiger partial charge in [0.2, 0.25) is 0 Å². The quantitative estimate of drug-likeness (QED) is 0.410. The lowest BCUT2D eigenvalue weighted by molar-refractivity contribution is 0.0674. The van der Waals surface area contributed by atoms with E-state index in [2.05, 4.69) is 22.1 Å². The summed E-state index contributed by atoms with van der Waals surface area (Å²) < 4.78 is 10.6. The zero-order chi connectivity index (χ0) is 16.8. The first-order valence-corrected chi connectivity index (χ1v) is 8.75. The third-order valence-electron chi connectivity index (χ3n) is 3.77. The Hall–Kier alpha value is -1.23. The Balaban J connectivity index is 0.00000225. The number of halogens is 1. The number of ether oxygens (including phenoxy) is 2. The lowest BCUT2D eigenvalue weighted by atomic mass is 10.1. The Kier molecular flexibility index (Phi) is 8.07. The molecular formula is C17H23IN4O2S. The highest BCUT2D eigenvalue weighted by Gasteiger charge is 2.15. The number of nitrogens with two attached hydrogens (primary N) is 1. The van der Waals surface area contributed by atoms with Gasteiger partial charge in [0.25, 0.3) is 0 Å². The maximum atomic E-state index is 6.12. The molecule has 6 nitrogen and oxygen atoms in total. The molecule has 136 valence electrons. The molecule has 2 aromatic rings. The SMILES string of the molecule is COCc1nc(CN=C(N)N2CCOCC2)c(-c2ccccc2)s1.I. The van der Waals surface area contributed by atoms with Crippen molar-refractivity contribution in [3.05, 3.63) is 41.0 Å². The molecule has 1 aliphatic heterocycles. The average molecular weight is 474 g/mol. The Bertz CT molecular complexity index is 687. The van der Waals surface area contributed by atoms with E-state index in [0.717, 1.165) is 34.2 Å². The van der Waals surface area contributed by atoms with E-state index in [4.69, 9.17) is 15.2 Å². The molecule has 0 amide bonds. The van der Waals surface area contributed by atoms with Crippen molar-refractivity contribution in [2.45, 2.75) is 13.2 Å². The second kappa shape index (κ2) is 10.0. The first-order valence-electron chi connectivity index (χ1n) is 7.93. The Morgan fingerprint density at radius 2 is 2.04 bits per heavy atom. The van der Waals surface area contributed by atoms with E-state index in [0.29, 0.717) is 32.3 Å². The summed E-state index contributed by atoms with van der Waals surface area (Å²) in [6, 6.07) is 10.2. The number of hydrogen-bond acceptors (Lipinski definition) is 5. The molecule has 3 rings (SSSR count). The van der Waals surface area contributed by atoms with E-state index in [9.17, 15) is 0 Å². The molecule has 2 heterocycles. The van der Waals surface area contributed by atoms with Gasteiger partial charge in [-0.3, -0.25) is 0 Å². The standard InChI is InChI=1S/C17H22N4O2S.HI/c1-22-12-15-20-14(16(24-15)13-5-3-2-4-6-13)11-19-17(18)21-7-9-23-10-8-21;/h2-6H,7-12H2,1H3,(H2,18,19);1H. The molecule has 8 heteroatoms. The van der Waals surface area contributed by atoms with Crippen LogP contribution in [-0.4, -0.2) is 49.3 Å². The predicted octanol–water partition coefficient (Wildman–Crippen LogP) is 2.72. The van der Waals surface area contributed by atoms with Gasteiger partial charge in [0.05, 0.1) is 36.9 Å². The molecule has 0 radical (unpaired) electrons. The fraction of sp³-hybridized carbons (Fsp3) is 0.412. The lowest BCUT2D eigenvalue weighted by Crippen LogP contribution is -2.44. The average Bonchev–Trinajstić information content (AvgIpc) is 3.04. The zero-order valence-corrected chi connectivity index (χ0v) is 17.3. The zero-order valence-electron chi connectivity index (χ0n) is 14.2. The maximum Gasteiger partial charge on any atom is 0.191 e. The molecule has 0 saturated carbocycles. The molecule has 25 heavy (non-hydrogen) atoms. The van der Waals surface area contributed by atoms with Crippen LogP contribution < -0.4 is 5.73 Å². The van der Waals surface area contributed by atoms with Crippen molar-refractivity contribution in [3.63, 3.8) is 0 Å². The first kappa shape index (κ1) is 20.1. The molecule has 1 saturated heterocycles. The second-order valence-corrected chi connectivity index (χ2v) is 6.54. The summed E-state index contributed by atoms with van der Waals surface area (Å²) in [5, 5.41) is 0.950. The number of rotatable bonds is 5. The number of aliphatic imine (C=N–C) groups is 1. The van der Waals surface area contributed by atoms with Gasteiger partial charge >= 0.3 is 0 Å². The van der Waals surface area contributed by atoms with E-state index in [-0.39, 0.29) is 24.0 Å². The molecule has 0 unspecified atom stereocenters. The van der Waals surface area contributed by atoms with Gasteiger partial charge in [-0.15, -0.1) is 35.3 Å². The van der Waals surface area contributed by atoms with Gasteiger partial charge in [0, 0.05) is 20.2 Å². The minimum atomic E-state index is 0. The highest BCUT2D eigenvalue weighted by atomic mass is 127. The molecule has 0 atom stereocenters. The van der Waals surface area contributed by atoms with Crippen molar-refractivity contribution in [2.24, 2.45) is 10.7 Å². The van der Waals surface area contributed by atoms with Crippen LogP contribution in [0.25, 0.3) is 10.4 Å². The van der Waals surface area contributed by atoms with Crippen molar-refractivity contribution >= 4 is 41.3 Å². The Morgan fingerprint density at radius 3 is 2.72 bits per heavy atom. The van der Waals surface area contributed by atoms with Crippen molar-refractivity contribution in [1.82, 2.24) is 9.88 Å². The van der Waals surface area contributed by atoms with Gasteiger partial charge in [0.15, 0.2) is 5.96 Å². The fourth-order valence-corrected chi connectivity index (χ4v) is 3.61. The summed E-state index contributed by atoms with van der Waals surface area (Å²) in [5.41, 5.74) is 8.21. The van der Waals surface area contributed by atoms with Gasteiger partial charge in [-0.1, -0.05) is 30.3 Å². The van der Waals surface area contributed by atoms with Crippen LogP contribution in [0.15, 0.2) is 35.3 Å². The third-order valence-corrected chi connectivity index (χ3v) is 4.89. The predicted molar refractivity (Wildman–Crippen MR) is 111 cm³/mol. The number of nitrogens with zero attached hydrogens (tertiary/aromatic N) is 3. The summed E-state index contributed by atoms with van der Waals surface area (Å²) in [6.07, 6.45) is 0. The van der Waals surface area contributed by atoms with Gasteiger partial charge in [0.1, 0.15) is 5.01 Å². The summed E-state index contributed by atoms with van der Waals surface area (Å²) in [5.74, 6) is 0.554. The number of hydrogen-bond donors (Lipinski definition) is 1. The minimum Gasteiger partial charge on any atom is -0.378 e. The van der Waals surface area contributed by atoms with Crippen molar-refractivity contribution < 1.29 is 9.47 Å². The van der Waals surface area contributed by atoms with Crippen molar-refractivity contribution in [1.29, 1.82) is 0 Å². The summed E-state index contributed by atoms with van der Waals surface area (Å²) in [4.78, 5) is 12.4. The number of benzene rings is 1. The van der Waals surface area contributed by atoms with Crippen LogP contribution in [0.1, 0.15) is 10.7 Å². The number of thiazole rings is 1. The van der Waals surface area contributed by atoms with Crippen LogP contribution in [0, 0.1) is 0 Å². The van der Waals surface area contributed by atoms with E-state index >= 15 is 0 Å². The molecule has 1 aliphatic rings. The van der Waals surface area contributed by atoms with E-state index in [1.54, 1.807) is 18.4 Å². The van der Waals surface area contributed by atoms with E-state index in [1.165, 1.54) is 0 Å². The summed E-state index contributed by atoms with van der Waals surface area (Å²) in [7, 11) is 1.68. The van der Waals surface area contributed by atoms with Gasteiger partial charge < -0.3 is 20.1 Å². The number of guanidine groups is 1. The summed E-state index contributed by atoms with van der Waals surface area (Å²) >= 11 is 1.64. The second-order valence-electron chi connectivity index (χ2n) is 5.46. The molecule has 0 aliphatic carbocycles. The van der Waals surface area contributed by atoms with Crippen LogP contribution in [0.3, 0.4) is 0 Å². The normalized spacial score (nSPS) is 15.1. The number of methoxy groups -OCH3 is 1. The number of aromatic nitrogens is 1. The molecule has 1 fully saturated rings. The van der Waals surface area contributed by atoms with Gasteiger partial charge in [-0.05, 0) is 5.56 Å². The van der Waals surface area contributed by atoms with Crippen LogP contribution >= 0.6 is 35.3 Å². The topological polar surface area (TPSA) is 73.0 Å². The van der Waals surface area contributed by atoms with E-state index in [1.807, 2.05) is 23.1 Å². The van der Waals surface area contributed by atoms with Gasteiger partial charge in [-0.2, -0.15) is 0 Å². The molecule has 2 N–H and O–H groups in total. The smallest absolute Gasteiger partial charge is 0.191 e. The molecule has 0 spiro atoms. The largest absolute Gasteiger partial charge is 0.378 e. The highest BCUT2D eigenvalue weighted by molar-refractivity contribution is 14.0. The van der Waals surface area contributed by atoms with Crippen LogP contribution in [0.4, 0.5) is 0 Å². The third kappa shape index (κ3) is 5.37. The Morgan fingerprint density at radius 1 is 1.32 bits per heavy atom. The van der Waals surface area contributed by atoms with Crippen molar-refractivity contribution in [3.8, 4) is 10.4 Å². The highest BCUT2D eigenvalue weighted by Crippen LogP contribution is 2.31. The Labute approximate surface area is 169 Å². The molecule has 0 bridgehead atoms. The minimum absolute atomic E-state index is 0. The molecule has 1 aromatic carbocycles.